The molecule has 0 heterocycles. The molecule has 7 N–H and O–H groups in total. The predicted molar refractivity (Wildman–Crippen MR) is 145 cm³/mol. The zero-order valence-corrected chi connectivity index (χ0v) is 21.3. The summed E-state index contributed by atoms with van der Waals surface area (Å²) < 4.78 is 87.1. The maximum atomic E-state index is 14.5. The third-order valence-electron chi connectivity index (χ3n) is 6.45. The van der Waals surface area contributed by atoms with Crippen LogP contribution in [0.2, 0.25) is 0 Å². The van der Waals surface area contributed by atoms with Crippen molar-refractivity contribution in [2.24, 2.45) is 0 Å². The number of carbonyl (C=O) groups excluding carboxylic acids is 2. The fraction of sp³-hybridized carbons (Fsp3) is 0.103. The van der Waals surface area contributed by atoms with E-state index in [1.165, 1.54) is 42.5 Å². The Hall–Kier alpha value is -5.20. The van der Waals surface area contributed by atoms with E-state index in [-0.39, 0.29) is 28.3 Å². The van der Waals surface area contributed by atoms with E-state index in [9.17, 15) is 41.0 Å². The molecule has 218 valence electrons. The minimum atomic E-state index is -5.88. The minimum absolute atomic E-state index is 0.107. The normalized spacial score (nSPS) is 12.0. The molecule has 13 heteroatoms. The lowest BCUT2D eigenvalue weighted by Gasteiger charge is -2.38. The molecule has 4 aromatic carbocycles. The van der Waals surface area contributed by atoms with Gasteiger partial charge in [0.2, 0.25) is 5.41 Å². The van der Waals surface area contributed by atoms with E-state index in [0.29, 0.717) is 35.6 Å². The highest BCUT2D eigenvalue weighted by atomic mass is 19.4. The highest BCUT2D eigenvalue weighted by Gasteiger charge is 2.72. The highest BCUT2D eigenvalue weighted by molar-refractivity contribution is 6.05. The van der Waals surface area contributed by atoms with Crippen LogP contribution in [-0.4, -0.2) is 29.3 Å². The summed E-state index contributed by atoms with van der Waals surface area (Å²) >= 11 is 0. The number of nitrogens with one attached hydrogen (secondary N) is 2. The molecule has 0 fully saturated rings. The Bertz CT molecular complexity index is 1590. The van der Waals surface area contributed by atoms with Crippen molar-refractivity contribution in [1.29, 1.82) is 0 Å². The lowest BCUT2D eigenvalue weighted by atomic mass is 9.72. The second kappa shape index (κ2) is 11.0. The van der Waals surface area contributed by atoms with Gasteiger partial charge in [-0.3, -0.25) is 9.59 Å². The Kier molecular flexibility index (Phi) is 7.79. The van der Waals surface area contributed by atoms with Gasteiger partial charge in [-0.15, -0.1) is 0 Å². The monoisotopic (exact) mass is 588 g/mol. The topological polar surface area (TPSA) is 130 Å². The van der Waals surface area contributed by atoms with Crippen LogP contribution in [0.3, 0.4) is 0 Å². The maximum absolute atomic E-state index is 14.5. The van der Waals surface area contributed by atoms with Gasteiger partial charge >= 0.3 is 12.4 Å². The standard InChI is InChI=1S/C29H22F6N4O3/c30-28(31,32)27(29(33,34)35,18-5-1-16(2-6-18)25(41)38-22-12-9-20(36)10-13-22)19-7-3-17(4-8-19)26(42)39-23-15-21(37)11-14-24(23)40/h1-15,40H,36-37H2,(H,38,41)(H,39,42). The first-order valence-electron chi connectivity index (χ1n) is 12.0. The molecular formula is C29H22F6N4O3. The average Bonchev–Trinajstić information content (AvgIpc) is 2.91. The molecule has 0 unspecified atom stereocenters. The largest absolute Gasteiger partial charge is 0.506 e. The van der Waals surface area contributed by atoms with Crippen molar-refractivity contribution in [1.82, 2.24) is 0 Å². The number of phenolic OH excluding ortho intramolecular Hbond substituents is 1. The summed E-state index contributed by atoms with van der Waals surface area (Å²) in [6, 6.07) is 15.3. The first-order valence-corrected chi connectivity index (χ1v) is 12.0. The zero-order valence-electron chi connectivity index (χ0n) is 21.3. The van der Waals surface area contributed by atoms with Crippen molar-refractivity contribution in [3.63, 3.8) is 0 Å². The molecule has 0 aliphatic rings. The van der Waals surface area contributed by atoms with E-state index in [2.05, 4.69) is 10.6 Å². The Morgan fingerprint density at radius 3 is 1.48 bits per heavy atom. The summed E-state index contributed by atoms with van der Waals surface area (Å²) in [6.45, 7) is 0. The van der Waals surface area contributed by atoms with Gasteiger partial charge in [0, 0.05) is 28.2 Å². The highest BCUT2D eigenvalue weighted by Crippen LogP contribution is 2.56. The van der Waals surface area contributed by atoms with Crippen LogP contribution in [0.1, 0.15) is 31.8 Å². The van der Waals surface area contributed by atoms with Crippen LogP contribution < -0.4 is 22.1 Å². The quantitative estimate of drug-likeness (QED) is 0.0763. The SMILES string of the molecule is Nc1ccc(NC(=O)c2ccc(C(c3ccc(C(=O)Nc4cc(N)ccc4O)cc3)(C(F)(F)F)C(F)(F)F)cc2)cc1. The fourth-order valence-electron chi connectivity index (χ4n) is 4.34. The van der Waals surface area contributed by atoms with Gasteiger partial charge in [0.05, 0.1) is 5.69 Å². The Labute approximate surface area is 234 Å². The lowest BCUT2D eigenvalue weighted by molar-refractivity contribution is -0.288. The van der Waals surface area contributed by atoms with Crippen molar-refractivity contribution in [2.45, 2.75) is 17.8 Å². The van der Waals surface area contributed by atoms with Gasteiger partial charge in [0.25, 0.3) is 11.8 Å². The van der Waals surface area contributed by atoms with Crippen molar-refractivity contribution >= 4 is 34.6 Å². The Balaban J connectivity index is 1.69. The third kappa shape index (κ3) is 5.66. The number of carbonyl (C=O) groups is 2. The fourth-order valence-corrected chi connectivity index (χ4v) is 4.34. The second-order valence-corrected chi connectivity index (χ2v) is 9.21. The van der Waals surface area contributed by atoms with Crippen LogP contribution in [0.15, 0.2) is 91.0 Å². The smallest absolute Gasteiger partial charge is 0.411 e. The molecule has 0 aliphatic carbocycles. The molecule has 0 aliphatic heterocycles. The molecule has 0 aromatic heterocycles. The summed E-state index contributed by atoms with van der Waals surface area (Å²) in [5.74, 6) is -2.03. The number of hydrogen-bond acceptors (Lipinski definition) is 5. The first-order chi connectivity index (χ1) is 19.6. The number of rotatable bonds is 6. The number of benzene rings is 4. The number of phenols is 1. The van der Waals surface area contributed by atoms with Crippen LogP contribution in [0.5, 0.6) is 5.75 Å². The minimum Gasteiger partial charge on any atom is -0.506 e. The molecule has 0 radical (unpaired) electrons. The van der Waals surface area contributed by atoms with Gasteiger partial charge in [0.1, 0.15) is 5.75 Å². The van der Waals surface area contributed by atoms with Crippen LogP contribution >= 0.6 is 0 Å². The molecular weight excluding hydrogens is 566 g/mol. The van der Waals surface area contributed by atoms with E-state index in [1.54, 1.807) is 0 Å². The molecule has 0 bridgehead atoms. The number of nitrogen functional groups attached to an aromatic ring is 2. The van der Waals surface area contributed by atoms with Crippen LogP contribution in [-0.2, 0) is 5.41 Å². The van der Waals surface area contributed by atoms with Gasteiger partial charge in [0.15, 0.2) is 0 Å². The van der Waals surface area contributed by atoms with Gasteiger partial charge in [-0.2, -0.15) is 26.3 Å². The van der Waals surface area contributed by atoms with E-state index < -0.39 is 40.7 Å². The number of halogens is 6. The van der Waals surface area contributed by atoms with Crippen molar-refractivity contribution in [3.8, 4) is 5.75 Å². The lowest BCUT2D eigenvalue weighted by Crippen LogP contribution is -2.54. The van der Waals surface area contributed by atoms with Gasteiger partial charge < -0.3 is 27.2 Å². The first kappa shape index (κ1) is 29.8. The number of amides is 2. The molecule has 4 aromatic rings. The van der Waals surface area contributed by atoms with Crippen LogP contribution in [0, 0.1) is 0 Å². The summed E-state index contributed by atoms with van der Waals surface area (Å²) in [5, 5.41) is 14.6. The van der Waals surface area contributed by atoms with Gasteiger partial charge in [-0.1, -0.05) is 24.3 Å². The average molecular weight is 589 g/mol. The van der Waals surface area contributed by atoms with E-state index in [4.69, 9.17) is 11.5 Å². The second-order valence-electron chi connectivity index (χ2n) is 9.21. The molecule has 0 saturated heterocycles. The number of anilines is 4. The molecule has 42 heavy (non-hydrogen) atoms. The van der Waals surface area contributed by atoms with E-state index >= 15 is 0 Å². The van der Waals surface area contributed by atoms with Gasteiger partial charge in [-0.05, 0) is 77.9 Å². The summed E-state index contributed by atoms with van der Waals surface area (Å²) in [7, 11) is 0. The maximum Gasteiger partial charge on any atom is 0.411 e. The van der Waals surface area contributed by atoms with E-state index in [1.807, 2.05) is 0 Å². The van der Waals surface area contributed by atoms with Crippen molar-refractivity contribution < 1.29 is 41.0 Å². The predicted octanol–water partition coefficient (Wildman–Crippen LogP) is 6.47. The molecule has 0 spiro atoms. The molecule has 4 rings (SSSR count). The number of hydrogen-bond donors (Lipinski definition) is 5. The molecule has 0 atom stereocenters. The van der Waals surface area contributed by atoms with Crippen molar-refractivity contribution in [2.75, 3.05) is 22.1 Å². The molecule has 7 nitrogen and oxygen atoms in total. The summed E-state index contributed by atoms with van der Waals surface area (Å²) in [4.78, 5) is 25.1. The Morgan fingerprint density at radius 2 is 1.02 bits per heavy atom. The number of aromatic hydroxyl groups is 1. The summed E-state index contributed by atoms with van der Waals surface area (Å²) in [5.41, 5.74) is 4.65. The van der Waals surface area contributed by atoms with Gasteiger partial charge in [-0.25, -0.2) is 0 Å². The number of nitrogens with two attached hydrogens (primary N) is 2. The zero-order chi connectivity index (χ0) is 30.9. The Morgan fingerprint density at radius 1 is 0.595 bits per heavy atom. The van der Waals surface area contributed by atoms with Crippen LogP contribution in [0.4, 0.5) is 49.1 Å². The van der Waals surface area contributed by atoms with Crippen LogP contribution in [0.25, 0.3) is 0 Å². The third-order valence-corrected chi connectivity index (χ3v) is 6.45. The number of alkyl halides is 6. The van der Waals surface area contributed by atoms with E-state index in [0.717, 1.165) is 24.3 Å². The molecule has 2 amide bonds. The molecule has 0 saturated carbocycles. The van der Waals surface area contributed by atoms with Crippen molar-refractivity contribution in [3.05, 3.63) is 113 Å². The summed E-state index contributed by atoms with van der Waals surface area (Å²) in [6.07, 6.45) is -11.8.